The Hall–Kier alpha value is -0.610. The molecule has 4 heteroatoms. The molecule has 2 rings (SSSR count). The predicted octanol–water partition coefficient (Wildman–Crippen LogP) is 2.07. The van der Waals surface area contributed by atoms with Crippen molar-refractivity contribution < 1.29 is 4.21 Å². The summed E-state index contributed by atoms with van der Waals surface area (Å²) in [5, 5.41) is 0. The van der Waals surface area contributed by atoms with Crippen molar-refractivity contribution in [3.63, 3.8) is 0 Å². The van der Waals surface area contributed by atoms with Crippen molar-refractivity contribution in [3.05, 3.63) is 23.0 Å². The van der Waals surface area contributed by atoms with Crippen molar-refractivity contribution in [1.29, 1.82) is 0 Å². The highest BCUT2D eigenvalue weighted by atomic mass is 32.2. The van der Waals surface area contributed by atoms with E-state index in [2.05, 4.69) is 24.5 Å². The second-order valence-electron chi connectivity index (χ2n) is 5.15. The minimum Gasteiger partial charge on any atom is -0.345 e. The lowest BCUT2D eigenvalue weighted by molar-refractivity contribution is 0.509. The Morgan fingerprint density at radius 2 is 2.35 bits per heavy atom. The van der Waals surface area contributed by atoms with Gasteiger partial charge in [-0.2, -0.15) is 0 Å². The monoisotopic (exact) mass is 254 g/mol. The molecule has 0 saturated heterocycles. The van der Waals surface area contributed by atoms with E-state index >= 15 is 0 Å². The lowest BCUT2D eigenvalue weighted by atomic mass is 9.93. The third-order valence-corrected chi connectivity index (χ3v) is 4.57. The molecule has 0 amide bonds. The Morgan fingerprint density at radius 3 is 3.00 bits per heavy atom. The third kappa shape index (κ3) is 2.47. The van der Waals surface area contributed by atoms with E-state index in [1.165, 1.54) is 23.4 Å². The van der Waals surface area contributed by atoms with Crippen LogP contribution in [0.5, 0.6) is 0 Å². The van der Waals surface area contributed by atoms with Crippen LogP contribution < -0.4 is 5.73 Å². The highest BCUT2D eigenvalue weighted by Gasteiger charge is 2.24. The van der Waals surface area contributed by atoms with Gasteiger partial charge in [-0.3, -0.25) is 4.21 Å². The Balaban J connectivity index is 2.37. The molecule has 3 atom stereocenters. The molecular formula is C13H22N2OS. The van der Waals surface area contributed by atoms with Crippen molar-refractivity contribution in [2.24, 2.45) is 5.73 Å². The van der Waals surface area contributed by atoms with Gasteiger partial charge in [-0.25, -0.2) is 0 Å². The van der Waals surface area contributed by atoms with Crippen LogP contribution in [-0.4, -0.2) is 20.8 Å². The number of hydrogen-bond donors (Lipinski definition) is 1. The van der Waals surface area contributed by atoms with E-state index in [0.29, 0.717) is 6.04 Å². The number of hydrogen-bond acceptors (Lipinski definition) is 2. The molecule has 3 nitrogen and oxygen atoms in total. The maximum atomic E-state index is 11.4. The van der Waals surface area contributed by atoms with Crippen molar-refractivity contribution >= 4 is 10.8 Å². The third-order valence-electron chi connectivity index (χ3n) is 3.61. The molecule has 1 aliphatic rings. The van der Waals surface area contributed by atoms with Gasteiger partial charge >= 0.3 is 0 Å². The summed E-state index contributed by atoms with van der Waals surface area (Å²) in [7, 11) is -0.750. The quantitative estimate of drug-likeness (QED) is 0.897. The van der Waals surface area contributed by atoms with E-state index in [0.717, 1.165) is 18.6 Å². The first kappa shape index (κ1) is 12.8. The summed E-state index contributed by atoms with van der Waals surface area (Å²) in [5.41, 5.74) is 10.1. The molecular weight excluding hydrogens is 232 g/mol. The maximum Gasteiger partial charge on any atom is 0.0437 e. The van der Waals surface area contributed by atoms with Crippen molar-refractivity contribution in [1.82, 2.24) is 4.57 Å². The van der Waals surface area contributed by atoms with Crippen LogP contribution in [-0.2, 0) is 17.2 Å². The number of nitrogens with zero attached hydrogens (tertiary/aromatic N) is 1. The molecule has 1 heterocycles. The van der Waals surface area contributed by atoms with Gasteiger partial charge in [0.15, 0.2) is 0 Å². The molecule has 0 saturated carbocycles. The summed E-state index contributed by atoms with van der Waals surface area (Å²) in [4.78, 5) is 0. The lowest BCUT2D eigenvalue weighted by Crippen LogP contribution is -2.21. The van der Waals surface area contributed by atoms with Crippen LogP contribution >= 0.6 is 0 Å². The zero-order chi connectivity index (χ0) is 12.6. The highest BCUT2D eigenvalue weighted by Crippen LogP contribution is 2.32. The SMILES string of the molecule is Cc1cc2c(n1C(C)CS(C)=O)CCCC2N. The fourth-order valence-corrected chi connectivity index (χ4v) is 3.82. The van der Waals surface area contributed by atoms with Crippen LogP contribution in [0, 0.1) is 6.92 Å². The Morgan fingerprint density at radius 1 is 1.65 bits per heavy atom. The van der Waals surface area contributed by atoms with Crippen molar-refractivity contribution in [3.8, 4) is 0 Å². The smallest absolute Gasteiger partial charge is 0.0437 e. The first-order chi connectivity index (χ1) is 8.00. The van der Waals surface area contributed by atoms with Gasteiger partial charge in [0.2, 0.25) is 0 Å². The molecule has 0 fully saturated rings. The summed E-state index contributed by atoms with van der Waals surface area (Å²) >= 11 is 0. The van der Waals surface area contributed by atoms with E-state index in [-0.39, 0.29) is 6.04 Å². The Bertz CT molecular complexity index is 439. The van der Waals surface area contributed by atoms with E-state index in [1.807, 2.05) is 0 Å². The van der Waals surface area contributed by atoms with Gasteiger partial charge < -0.3 is 10.3 Å². The Labute approximate surface area is 106 Å². The van der Waals surface area contributed by atoms with Crippen LogP contribution in [0.4, 0.5) is 0 Å². The van der Waals surface area contributed by atoms with E-state index in [9.17, 15) is 4.21 Å². The summed E-state index contributed by atoms with van der Waals surface area (Å²) in [6, 6.07) is 2.71. The fraction of sp³-hybridized carbons (Fsp3) is 0.692. The minimum absolute atomic E-state index is 0.193. The number of aryl methyl sites for hydroxylation is 1. The number of fused-ring (bicyclic) bond motifs is 1. The topological polar surface area (TPSA) is 48.0 Å². The van der Waals surface area contributed by atoms with Gasteiger partial charge in [0.05, 0.1) is 0 Å². The molecule has 96 valence electrons. The zero-order valence-corrected chi connectivity index (χ0v) is 11.7. The van der Waals surface area contributed by atoms with E-state index in [1.54, 1.807) is 6.26 Å². The summed E-state index contributed by atoms with van der Waals surface area (Å²) in [6.07, 6.45) is 5.13. The molecule has 0 spiro atoms. The van der Waals surface area contributed by atoms with Crippen molar-refractivity contribution in [2.45, 2.75) is 45.2 Å². The number of rotatable bonds is 3. The minimum atomic E-state index is -0.750. The molecule has 0 aliphatic heterocycles. The van der Waals surface area contributed by atoms with Crippen LogP contribution in [0.15, 0.2) is 6.07 Å². The summed E-state index contributed by atoms with van der Waals surface area (Å²) < 4.78 is 13.7. The average molecular weight is 254 g/mol. The number of nitrogens with two attached hydrogens (primary N) is 1. The van der Waals surface area contributed by atoms with E-state index in [4.69, 9.17) is 5.73 Å². The first-order valence-electron chi connectivity index (χ1n) is 6.27. The first-order valence-corrected chi connectivity index (χ1v) is 7.99. The normalized spacial score (nSPS) is 23.2. The van der Waals surface area contributed by atoms with Gasteiger partial charge in [0.1, 0.15) is 0 Å². The van der Waals surface area contributed by atoms with Crippen LogP contribution in [0.25, 0.3) is 0 Å². The molecule has 17 heavy (non-hydrogen) atoms. The molecule has 0 aromatic carbocycles. The van der Waals surface area contributed by atoms with Gasteiger partial charge in [-0.15, -0.1) is 0 Å². The average Bonchev–Trinajstić information content (AvgIpc) is 2.55. The molecule has 1 aromatic heterocycles. The van der Waals surface area contributed by atoms with Gasteiger partial charge in [0.25, 0.3) is 0 Å². The number of aromatic nitrogens is 1. The molecule has 1 aliphatic carbocycles. The lowest BCUT2D eigenvalue weighted by Gasteiger charge is -2.24. The second-order valence-corrected chi connectivity index (χ2v) is 6.63. The zero-order valence-electron chi connectivity index (χ0n) is 10.9. The summed E-state index contributed by atoms with van der Waals surface area (Å²) in [6.45, 7) is 4.27. The highest BCUT2D eigenvalue weighted by molar-refractivity contribution is 7.84. The van der Waals surface area contributed by atoms with Crippen LogP contribution in [0.2, 0.25) is 0 Å². The van der Waals surface area contributed by atoms with Gasteiger partial charge in [-0.05, 0) is 44.7 Å². The molecule has 0 radical (unpaired) electrons. The maximum absolute atomic E-state index is 11.4. The van der Waals surface area contributed by atoms with Crippen molar-refractivity contribution in [2.75, 3.05) is 12.0 Å². The van der Waals surface area contributed by atoms with Gasteiger partial charge in [-0.1, -0.05) is 0 Å². The fourth-order valence-electron chi connectivity index (χ4n) is 2.99. The molecule has 3 unspecified atom stereocenters. The molecule has 0 bridgehead atoms. The van der Waals surface area contributed by atoms with Crippen LogP contribution in [0.3, 0.4) is 0 Å². The van der Waals surface area contributed by atoms with Gasteiger partial charge in [0, 0.05) is 46.3 Å². The second kappa shape index (κ2) is 4.94. The molecule has 2 N–H and O–H groups in total. The van der Waals surface area contributed by atoms with Crippen LogP contribution in [0.1, 0.15) is 48.8 Å². The molecule has 1 aromatic rings. The van der Waals surface area contributed by atoms with E-state index < -0.39 is 10.8 Å². The summed E-state index contributed by atoms with van der Waals surface area (Å²) in [5.74, 6) is 0.719. The predicted molar refractivity (Wildman–Crippen MR) is 72.7 cm³/mol. The Kier molecular flexibility index (Phi) is 3.73. The standard InChI is InChI=1S/C13H22N2OS/c1-9-7-11-12(14)5-4-6-13(11)15(9)10(2)8-17(3)16/h7,10,12H,4-6,8,14H2,1-3H3. The largest absolute Gasteiger partial charge is 0.345 e.